The summed E-state index contributed by atoms with van der Waals surface area (Å²) >= 11 is 0. The molecule has 2 heterocycles. The van der Waals surface area contributed by atoms with E-state index >= 15 is 0 Å². The fourth-order valence-electron chi connectivity index (χ4n) is 4.17. The van der Waals surface area contributed by atoms with Crippen LogP contribution >= 0.6 is 24.0 Å². The number of rotatable bonds is 6. The van der Waals surface area contributed by atoms with Crippen LogP contribution in [-0.4, -0.2) is 75.0 Å². The Kier molecular flexibility index (Phi) is 9.50. The third kappa shape index (κ3) is 6.34. The van der Waals surface area contributed by atoms with E-state index in [2.05, 4.69) is 31.5 Å². The summed E-state index contributed by atoms with van der Waals surface area (Å²) in [5.41, 5.74) is 1.87. The van der Waals surface area contributed by atoms with Crippen molar-refractivity contribution in [2.45, 2.75) is 25.7 Å². The minimum Gasteiger partial charge on any atom is -0.356 e. The van der Waals surface area contributed by atoms with Crippen molar-refractivity contribution in [2.24, 2.45) is 10.9 Å². The van der Waals surface area contributed by atoms with Gasteiger partial charge in [0.2, 0.25) is 0 Å². The van der Waals surface area contributed by atoms with Gasteiger partial charge >= 0.3 is 0 Å². The van der Waals surface area contributed by atoms with Crippen LogP contribution in [0.15, 0.2) is 29.3 Å². The molecule has 3 rings (SSSR count). The van der Waals surface area contributed by atoms with Gasteiger partial charge in [-0.2, -0.15) is 0 Å². The number of hydrogen-bond donors (Lipinski definition) is 2. The number of amides is 1. The molecule has 0 radical (unpaired) electrons. The number of benzene rings is 1. The Morgan fingerprint density at radius 3 is 2.75 bits per heavy atom. The Morgan fingerprint density at radius 1 is 1.25 bits per heavy atom. The highest BCUT2D eigenvalue weighted by Gasteiger charge is 2.27. The molecular formula is C21H34IN5O. The molecule has 6 nitrogen and oxygen atoms in total. The van der Waals surface area contributed by atoms with Gasteiger partial charge in [-0.3, -0.25) is 9.79 Å². The van der Waals surface area contributed by atoms with Crippen molar-refractivity contribution in [1.29, 1.82) is 0 Å². The Bertz CT molecular complexity index is 660. The summed E-state index contributed by atoms with van der Waals surface area (Å²) in [6, 6.07) is 7.82. The van der Waals surface area contributed by atoms with Crippen molar-refractivity contribution in [3.8, 4) is 0 Å². The topological polar surface area (TPSA) is 60.0 Å². The van der Waals surface area contributed by atoms with E-state index in [0.29, 0.717) is 5.56 Å². The molecule has 1 aromatic carbocycles. The van der Waals surface area contributed by atoms with Gasteiger partial charge in [-0.25, -0.2) is 0 Å². The Morgan fingerprint density at radius 2 is 2.04 bits per heavy atom. The molecule has 2 aliphatic heterocycles. The fraction of sp³-hybridized carbons (Fsp3) is 0.619. The van der Waals surface area contributed by atoms with Crippen LogP contribution in [0, 0.1) is 5.92 Å². The third-order valence-electron chi connectivity index (χ3n) is 5.63. The van der Waals surface area contributed by atoms with Gasteiger partial charge in [-0.05, 0) is 62.4 Å². The van der Waals surface area contributed by atoms with Crippen LogP contribution in [0.1, 0.15) is 35.2 Å². The summed E-state index contributed by atoms with van der Waals surface area (Å²) in [5, 5.41) is 6.17. The first-order chi connectivity index (χ1) is 13.2. The van der Waals surface area contributed by atoms with Crippen LogP contribution in [0.3, 0.4) is 0 Å². The molecule has 0 aromatic heterocycles. The average molecular weight is 499 g/mol. The predicted molar refractivity (Wildman–Crippen MR) is 126 cm³/mol. The molecule has 1 unspecified atom stereocenters. The van der Waals surface area contributed by atoms with Crippen molar-refractivity contribution in [3.63, 3.8) is 0 Å². The number of halogens is 1. The zero-order chi connectivity index (χ0) is 19.1. The van der Waals surface area contributed by atoms with Crippen molar-refractivity contribution >= 4 is 35.8 Å². The van der Waals surface area contributed by atoms with Crippen LogP contribution in [0.4, 0.5) is 0 Å². The lowest BCUT2D eigenvalue weighted by atomic mass is 10.1. The molecule has 1 amide bonds. The van der Waals surface area contributed by atoms with E-state index in [1.165, 1.54) is 38.9 Å². The number of guanidine groups is 1. The average Bonchev–Trinajstić information content (AvgIpc) is 3.37. The Balaban J connectivity index is 0.00000280. The van der Waals surface area contributed by atoms with Gasteiger partial charge in [0.1, 0.15) is 0 Å². The molecule has 2 aliphatic rings. The standard InChI is InChI=1S/C21H33N5O.HI/c1-22-20(27)19-7-5-6-17(14-19)8-10-24-21(23-2)26-13-9-18(16-26)15-25-11-3-4-12-25;/h5-7,14,18H,3-4,8-13,15-16H2,1-2H3,(H,22,27)(H,23,24);1H. The van der Waals surface area contributed by atoms with Gasteiger partial charge in [0.15, 0.2) is 5.96 Å². The molecule has 0 spiro atoms. The molecule has 2 saturated heterocycles. The zero-order valence-electron chi connectivity index (χ0n) is 17.1. The van der Waals surface area contributed by atoms with E-state index < -0.39 is 0 Å². The van der Waals surface area contributed by atoms with E-state index in [0.717, 1.165) is 43.5 Å². The lowest BCUT2D eigenvalue weighted by Crippen LogP contribution is -2.41. The monoisotopic (exact) mass is 499 g/mol. The molecule has 2 fully saturated rings. The normalized spacial score (nSPS) is 20.1. The number of carbonyl (C=O) groups excluding carboxylic acids is 1. The highest BCUT2D eigenvalue weighted by Crippen LogP contribution is 2.20. The first-order valence-corrected chi connectivity index (χ1v) is 10.2. The third-order valence-corrected chi connectivity index (χ3v) is 5.63. The summed E-state index contributed by atoms with van der Waals surface area (Å²) in [7, 11) is 3.52. The number of likely N-dealkylation sites (tertiary alicyclic amines) is 2. The lowest BCUT2D eigenvalue weighted by Gasteiger charge is -2.23. The zero-order valence-corrected chi connectivity index (χ0v) is 19.4. The van der Waals surface area contributed by atoms with Gasteiger partial charge in [-0.1, -0.05) is 12.1 Å². The van der Waals surface area contributed by atoms with E-state index in [1.54, 1.807) is 7.05 Å². The first kappa shape index (κ1) is 22.9. The highest BCUT2D eigenvalue weighted by molar-refractivity contribution is 14.0. The molecule has 7 heteroatoms. The van der Waals surface area contributed by atoms with Crippen LogP contribution < -0.4 is 10.6 Å². The summed E-state index contributed by atoms with van der Waals surface area (Å²) in [6.07, 6.45) is 4.85. The van der Waals surface area contributed by atoms with E-state index in [-0.39, 0.29) is 29.9 Å². The number of carbonyl (C=O) groups is 1. The van der Waals surface area contributed by atoms with Crippen LogP contribution in [0.2, 0.25) is 0 Å². The fourth-order valence-corrected chi connectivity index (χ4v) is 4.17. The molecule has 0 bridgehead atoms. The quantitative estimate of drug-likeness (QED) is 0.358. The van der Waals surface area contributed by atoms with E-state index in [1.807, 2.05) is 25.2 Å². The SMILES string of the molecule is CN=C(NCCc1cccc(C(=O)NC)c1)N1CCC(CN2CCCC2)C1.I. The Hall–Kier alpha value is -1.35. The van der Waals surface area contributed by atoms with Gasteiger partial charge < -0.3 is 20.4 Å². The summed E-state index contributed by atoms with van der Waals surface area (Å²) in [5.74, 6) is 1.72. The maximum absolute atomic E-state index is 11.8. The second-order valence-electron chi connectivity index (χ2n) is 7.61. The van der Waals surface area contributed by atoms with Crippen molar-refractivity contribution in [2.75, 3.05) is 53.4 Å². The van der Waals surface area contributed by atoms with Gasteiger partial charge in [0, 0.05) is 45.8 Å². The second kappa shape index (κ2) is 11.6. The van der Waals surface area contributed by atoms with Crippen molar-refractivity contribution < 1.29 is 4.79 Å². The number of nitrogens with one attached hydrogen (secondary N) is 2. The minimum atomic E-state index is -0.0401. The van der Waals surface area contributed by atoms with Crippen LogP contribution in [0.25, 0.3) is 0 Å². The maximum Gasteiger partial charge on any atom is 0.251 e. The summed E-state index contributed by atoms with van der Waals surface area (Å²) in [6.45, 7) is 6.79. The van der Waals surface area contributed by atoms with E-state index in [4.69, 9.17) is 0 Å². The maximum atomic E-state index is 11.8. The predicted octanol–water partition coefficient (Wildman–Crippen LogP) is 2.20. The van der Waals surface area contributed by atoms with Gasteiger partial charge in [0.25, 0.3) is 5.91 Å². The van der Waals surface area contributed by atoms with Crippen LogP contribution in [0.5, 0.6) is 0 Å². The van der Waals surface area contributed by atoms with Gasteiger partial charge in [-0.15, -0.1) is 24.0 Å². The molecular weight excluding hydrogens is 465 g/mol. The number of aliphatic imine (C=N–C) groups is 1. The smallest absolute Gasteiger partial charge is 0.251 e. The number of hydrogen-bond acceptors (Lipinski definition) is 3. The number of nitrogens with zero attached hydrogens (tertiary/aromatic N) is 3. The molecule has 1 atom stereocenters. The first-order valence-electron chi connectivity index (χ1n) is 10.2. The van der Waals surface area contributed by atoms with Crippen molar-refractivity contribution in [1.82, 2.24) is 20.4 Å². The molecule has 28 heavy (non-hydrogen) atoms. The lowest BCUT2D eigenvalue weighted by molar-refractivity contribution is 0.0963. The van der Waals surface area contributed by atoms with E-state index in [9.17, 15) is 4.79 Å². The summed E-state index contributed by atoms with van der Waals surface area (Å²) < 4.78 is 0. The highest BCUT2D eigenvalue weighted by atomic mass is 127. The van der Waals surface area contributed by atoms with Crippen molar-refractivity contribution in [3.05, 3.63) is 35.4 Å². The molecule has 0 aliphatic carbocycles. The van der Waals surface area contributed by atoms with Gasteiger partial charge in [0.05, 0.1) is 0 Å². The largest absolute Gasteiger partial charge is 0.356 e. The summed E-state index contributed by atoms with van der Waals surface area (Å²) in [4.78, 5) is 21.3. The molecule has 156 valence electrons. The van der Waals surface area contributed by atoms with Crippen LogP contribution in [-0.2, 0) is 6.42 Å². The molecule has 1 aromatic rings. The molecule has 2 N–H and O–H groups in total. The molecule has 0 saturated carbocycles. The minimum absolute atomic E-state index is 0. The second-order valence-corrected chi connectivity index (χ2v) is 7.61. The Labute approximate surface area is 186 Å².